The van der Waals surface area contributed by atoms with Crippen LogP contribution >= 0.6 is 11.8 Å². The fourth-order valence-electron chi connectivity index (χ4n) is 4.78. The van der Waals surface area contributed by atoms with Gasteiger partial charge in [0.1, 0.15) is 5.25 Å². The maximum Gasteiger partial charge on any atom is 0.242 e. The van der Waals surface area contributed by atoms with Gasteiger partial charge in [-0.25, -0.2) is 0 Å². The molecule has 2 aromatic carbocycles. The lowest BCUT2D eigenvalue weighted by Crippen LogP contribution is -2.35. The molecule has 0 radical (unpaired) electrons. The number of amides is 2. The SMILES string of the molecule is O=C(C[C@@H]1SC(=NC2CCCCC2)N(CCc2c[nH]c3ccccc23)C1=O)Nc1ccccc1. The molecule has 1 atom stereocenters. The predicted octanol–water partition coefficient (Wildman–Crippen LogP) is 5.37. The molecular formula is C27H30N4O2S. The van der Waals surface area contributed by atoms with E-state index in [1.165, 1.54) is 42.0 Å². The van der Waals surface area contributed by atoms with Gasteiger partial charge in [0.15, 0.2) is 5.17 Å². The van der Waals surface area contributed by atoms with Gasteiger partial charge in [0.2, 0.25) is 11.8 Å². The number of nitrogens with zero attached hydrogens (tertiary/aromatic N) is 2. The van der Waals surface area contributed by atoms with E-state index in [0.717, 1.165) is 35.6 Å². The smallest absolute Gasteiger partial charge is 0.242 e. The van der Waals surface area contributed by atoms with Crippen LogP contribution in [0, 0.1) is 0 Å². The number of nitrogens with one attached hydrogen (secondary N) is 2. The number of thioether (sulfide) groups is 1. The molecule has 2 heterocycles. The lowest BCUT2D eigenvalue weighted by molar-refractivity contribution is -0.128. The van der Waals surface area contributed by atoms with Crippen molar-refractivity contribution in [2.75, 3.05) is 11.9 Å². The average molecular weight is 475 g/mol. The number of carbonyl (C=O) groups is 2. The Balaban J connectivity index is 1.31. The van der Waals surface area contributed by atoms with Crippen LogP contribution in [0.15, 0.2) is 65.8 Å². The van der Waals surface area contributed by atoms with Crippen molar-refractivity contribution in [3.05, 3.63) is 66.4 Å². The van der Waals surface area contributed by atoms with E-state index in [0.29, 0.717) is 6.54 Å². The summed E-state index contributed by atoms with van der Waals surface area (Å²) in [5.74, 6) is -0.157. The molecule has 1 saturated heterocycles. The second kappa shape index (κ2) is 10.5. The lowest BCUT2D eigenvalue weighted by atomic mass is 9.96. The predicted molar refractivity (Wildman–Crippen MR) is 139 cm³/mol. The summed E-state index contributed by atoms with van der Waals surface area (Å²) in [4.78, 5) is 36.2. The Labute approximate surface area is 204 Å². The van der Waals surface area contributed by atoms with Gasteiger partial charge in [-0.05, 0) is 43.0 Å². The van der Waals surface area contributed by atoms with Crippen LogP contribution in [-0.4, -0.2) is 44.7 Å². The third-order valence-electron chi connectivity index (χ3n) is 6.60. The molecule has 0 unspecified atom stereocenters. The minimum Gasteiger partial charge on any atom is -0.361 e. The van der Waals surface area contributed by atoms with Crippen LogP contribution in [0.1, 0.15) is 44.1 Å². The number of benzene rings is 2. The van der Waals surface area contributed by atoms with Crippen molar-refractivity contribution in [1.29, 1.82) is 0 Å². The number of H-pyrrole nitrogens is 1. The number of amidine groups is 1. The number of para-hydroxylation sites is 2. The summed E-state index contributed by atoms with van der Waals surface area (Å²) < 4.78 is 0. The van der Waals surface area contributed by atoms with Crippen LogP contribution in [0.5, 0.6) is 0 Å². The fraction of sp³-hybridized carbons (Fsp3) is 0.370. The highest BCUT2D eigenvalue weighted by atomic mass is 32.2. The Kier molecular flexibility index (Phi) is 7.00. The molecule has 5 rings (SSSR count). The van der Waals surface area contributed by atoms with Gasteiger partial charge in [-0.1, -0.05) is 67.4 Å². The van der Waals surface area contributed by atoms with Crippen molar-refractivity contribution in [1.82, 2.24) is 9.88 Å². The minimum atomic E-state index is -0.436. The molecule has 2 N–H and O–H groups in total. The van der Waals surface area contributed by atoms with Gasteiger partial charge >= 0.3 is 0 Å². The molecule has 3 aromatic rings. The number of fused-ring (bicyclic) bond motifs is 1. The number of hydrogen-bond acceptors (Lipinski definition) is 4. The van der Waals surface area contributed by atoms with E-state index >= 15 is 0 Å². The number of carbonyl (C=O) groups excluding carboxylic acids is 2. The van der Waals surface area contributed by atoms with Gasteiger partial charge in [0, 0.05) is 35.8 Å². The summed E-state index contributed by atoms with van der Waals surface area (Å²) in [5, 5.41) is 4.44. The first-order chi connectivity index (χ1) is 16.7. The summed E-state index contributed by atoms with van der Waals surface area (Å²) >= 11 is 1.46. The summed E-state index contributed by atoms with van der Waals surface area (Å²) in [5.41, 5.74) is 3.04. The van der Waals surface area contributed by atoms with E-state index in [9.17, 15) is 9.59 Å². The molecule has 7 heteroatoms. The van der Waals surface area contributed by atoms with Gasteiger partial charge in [0.05, 0.1) is 6.04 Å². The third-order valence-corrected chi connectivity index (χ3v) is 7.79. The topological polar surface area (TPSA) is 77.6 Å². The fourth-order valence-corrected chi connectivity index (χ4v) is 6.02. The van der Waals surface area contributed by atoms with E-state index in [1.807, 2.05) is 53.6 Å². The van der Waals surface area contributed by atoms with Gasteiger partial charge in [-0.3, -0.25) is 19.5 Å². The first kappa shape index (κ1) is 22.7. The van der Waals surface area contributed by atoms with E-state index < -0.39 is 5.25 Å². The Morgan fingerprint density at radius 2 is 1.82 bits per heavy atom. The molecule has 0 bridgehead atoms. The van der Waals surface area contributed by atoms with Gasteiger partial charge < -0.3 is 10.3 Å². The molecule has 2 aliphatic rings. The Hall–Kier alpha value is -3.06. The Bertz CT molecular complexity index is 1180. The van der Waals surface area contributed by atoms with Crippen LogP contribution in [0.2, 0.25) is 0 Å². The number of anilines is 1. The quantitative estimate of drug-likeness (QED) is 0.483. The minimum absolute atomic E-state index is 0.0115. The second-order valence-electron chi connectivity index (χ2n) is 9.03. The molecule has 34 heavy (non-hydrogen) atoms. The van der Waals surface area contributed by atoms with Crippen LogP contribution in [-0.2, 0) is 16.0 Å². The van der Waals surface area contributed by atoms with Crippen molar-refractivity contribution < 1.29 is 9.59 Å². The highest BCUT2D eigenvalue weighted by molar-refractivity contribution is 8.15. The average Bonchev–Trinajstić information content (AvgIpc) is 3.39. The van der Waals surface area contributed by atoms with Crippen LogP contribution in [0.4, 0.5) is 5.69 Å². The molecule has 0 spiro atoms. The van der Waals surface area contributed by atoms with Crippen molar-refractivity contribution in [2.45, 2.75) is 56.2 Å². The summed E-state index contributed by atoms with van der Waals surface area (Å²) in [7, 11) is 0. The standard InChI is InChI=1S/C27H30N4O2S/c32-25(29-20-9-3-1-4-10-20)17-24-26(33)31(27(34-24)30-21-11-5-2-6-12-21)16-15-19-18-28-23-14-8-7-13-22(19)23/h1,3-4,7-10,13-14,18,21,24,28H,2,5-6,11-12,15-17H2,(H,29,32)/t24-/m0/s1. The molecular weight excluding hydrogens is 444 g/mol. The molecule has 2 fully saturated rings. The second-order valence-corrected chi connectivity index (χ2v) is 10.2. The molecule has 1 aliphatic carbocycles. The Morgan fingerprint density at radius 1 is 1.06 bits per heavy atom. The number of hydrogen-bond donors (Lipinski definition) is 2. The largest absolute Gasteiger partial charge is 0.361 e. The van der Waals surface area contributed by atoms with Crippen molar-refractivity contribution in [3.63, 3.8) is 0 Å². The zero-order valence-corrected chi connectivity index (χ0v) is 20.0. The third kappa shape index (κ3) is 5.20. The van der Waals surface area contributed by atoms with Crippen LogP contribution in [0.3, 0.4) is 0 Å². The van der Waals surface area contributed by atoms with Crippen molar-refractivity contribution in [2.24, 2.45) is 4.99 Å². The van der Waals surface area contributed by atoms with E-state index in [1.54, 1.807) is 0 Å². The highest BCUT2D eigenvalue weighted by Crippen LogP contribution is 2.32. The molecule has 6 nitrogen and oxygen atoms in total. The van der Waals surface area contributed by atoms with E-state index in [4.69, 9.17) is 4.99 Å². The normalized spacial score (nSPS) is 20.4. The Morgan fingerprint density at radius 3 is 2.65 bits per heavy atom. The summed E-state index contributed by atoms with van der Waals surface area (Å²) in [6.45, 7) is 0.566. The molecule has 2 amide bonds. The number of rotatable bonds is 7. The van der Waals surface area contributed by atoms with E-state index in [2.05, 4.69) is 22.4 Å². The molecule has 176 valence electrons. The van der Waals surface area contributed by atoms with Crippen LogP contribution in [0.25, 0.3) is 10.9 Å². The zero-order valence-electron chi connectivity index (χ0n) is 19.2. The number of aromatic nitrogens is 1. The highest BCUT2D eigenvalue weighted by Gasteiger charge is 2.39. The van der Waals surface area contributed by atoms with Crippen LogP contribution < -0.4 is 5.32 Å². The molecule has 1 aliphatic heterocycles. The lowest BCUT2D eigenvalue weighted by Gasteiger charge is -2.21. The van der Waals surface area contributed by atoms with Gasteiger partial charge in [0.25, 0.3) is 0 Å². The maximum atomic E-state index is 13.4. The van der Waals surface area contributed by atoms with Crippen molar-refractivity contribution in [3.8, 4) is 0 Å². The first-order valence-electron chi connectivity index (χ1n) is 12.1. The maximum absolute atomic E-state index is 13.4. The van der Waals surface area contributed by atoms with Crippen molar-refractivity contribution >= 4 is 45.3 Å². The monoisotopic (exact) mass is 474 g/mol. The number of aromatic amines is 1. The van der Waals surface area contributed by atoms with Gasteiger partial charge in [-0.2, -0.15) is 0 Å². The van der Waals surface area contributed by atoms with E-state index in [-0.39, 0.29) is 24.3 Å². The first-order valence-corrected chi connectivity index (χ1v) is 13.0. The zero-order chi connectivity index (χ0) is 23.3. The van der Waals surface area contributed by atoms with Gasteiger partial charge in [-0.15, -0.1) is 0 Å². The number of aliphatic imine (C=N–C) groups is 1. The molecule has 1 aromatic heterocycles. The summed E-state index contributed by atoms with van der Waals surface area (Å²) in [6.07, 6.45) is 8.72. The summed E-state index contributed by atoms with van der Waals surface area (Å²) in [6, 6.07) is 17.9. The molecule has 1 saturated carbocycles.